The molecule has 18 atom stereocenters. The molecule has 5 aliphatic rings. The van der Waals surface area contributed by atoms with Gasteiger partial charge in [-0.05, 0) is 95.6 Å². The summed E-state index contributed by atoms with van der Waals surface area (Å²) >= 11 is 0. The maximum atomic E-state index is 14.4. The van der Waals surface area contributed by atoms with Crippen molar-refractivity contribution in [3.63, 3.8) is 0 Å². The smallest absolute Gasteiger partial charge is 0.481 e. The summed E-state index contributed by atoms with van der Waals surface area (Å²) in [7, 11) is 0. The van der Waals surface area contributed by atoms with Gasteiger partial charge >= 0.3 is 35.5 Å². The zero-order chi connectivity index (χ0) is 39.3. The van der Waals surface area contributed by atoms with Gasteiger partial charge in [-0.1, -0.05) is 55.4 Å². The Balaban J connectivity index is 0.00000650. The molecule has 11 nitrogen and oxygen atoms in total. The first-order chi connectivity index (χ1) is 24.8. The Morgan fingerprint density at radius 2 is 1.56 bits per heavy atom. The number of hydrogen-bond donors (Lipinski definition) is 4. The number of carboxylic acids is 1. The van der Waals surface area contributed by atoms with Crippen molar-refractivity contribution in [2.75, 3.05) is 0 Å². The molecule has 5 heterocycles. The number of carboxylic acid groups (broad SMARTS) is 1. The van der Waals surface area contributed by atoms with Crippen LogP contribution in [0.1, 0.15) is 133 Å². The fourth-order valence-electron chi connectivity index (χ4n) is 10.5. The zero-order valence-corrected chi connectivity index (χ0v) is 37.0. The van der Waals surface area contributed by atoms with Crippen LogP contribution in [-0.4, -0.2) is 97.7 Å². The van der Waals surface area contributed by atoms with E-state index in [1.165, 1.54) is 0 Å². The number of ether oxygens (including phenoxy) is 5. The number of aliphatic hydroxyl groups excluding tert-OH is 2. The molecule has 4 N–H and O–H groups in total. The number of hydrogen-bond acceptors (Lipinski definition) is 10. The van der Waals surface area contributed by atoms with E-state index in [1.807, 2.05) is 41.5 Å². The number of Topliss-reactive ketones (excluding diaryl/α,β-unsaturated/α-hetero) is 1. The second-order valence-corrected chi connectivity index (χ2v) is 17.9. The van der Waals surface area contributed by atoms with E-state index in [4.69, 9.17) is 23.7 Å². The van der Waals surface area contributed by atoms with E-state index < -0.39 is 76.8 Å². The molecule has 2 spiro atoms. The topological polar surface area (TPSA) is 161 Å². The van der Waals surface area contributed by atoms with Gasteiger partial charge < -0.3 is 44.1 Å². The number of aliphatic carboxylic acids is 1. The maximum Gasteiger partial charge on any atom is 1.00 e. The second-order valence-electron chi connectivity index (χ2n) is 17.9. The molecule has 304 valence electrons. The Hall–Kier alpha value is -0.440. The molecule has 12 heteroatoms. The van der Waals surface area contributed by atoms with E-state index in [1.54, 1.807) is 19.1 Å². The van der Waals surface area contributed by atoms with Gasteiger partial charge in [0.25, 0.3) is 0 Å². The first-order valence-corrected chi connectivity index (χ1v) is 20.7. The molecular weight excluding hydrogens is 703 g/mol. The van der Waals surface area contributed by atoms with Gasteiger partial charge in [-0.15, -0.1) is 0 Å². The van der Waals surface area contributed by atoms with Crippen molar-refractivity contribution in [1.29, 1.82) is 0 Å². The van der Waals surface area contributed by atoms with Crippen LogP contribution in [0, 0.1) is 41.4 Å². The Morgan fingerprint density at radius 1 is 0.889 bits per heavy atom. The molecule has 0 radical (unpaired) electrons. The fraction of sp³-hybridized carbons (Fsp3) is 0.905. The molecule has 0 aromatic rings. The summed E-state index contributed by atoms with van der Waals surface area (Å²) in [6.07, 6.45) is 5.51. The average Bonchev–Trinajstić information content (AvgIpc) is 3.47. The molecule has 0 amide bonds. The molecule has 0 bridgehead atoms. The monoisotopic (exact) mass is 773 g/mol. The molecule has 5 aliphatic heterocycles. The van der Waals surface area contributed by atoms with Gasteiger partial charge in [-0.2, -0.15) is 0 Å². The summed E-state index contributed by atoms with van der Waals surface area (Å²) in [5.74, 6) is -5.78. The van der Waals surface area contributed by atoms with Crippen molar-refractivity contribution in [2.24, 2.45) is 41.4 Å². The Bertz CT molecular complexity index is 1330. The van der Waals surface area contributed by atoms with Gasteiger partial charge in [-0.3, -0.25) is 9.59 Å². The number of carbonyl (C=O) groups is 2. The minimum Gasteiger partial charge on any atom is -0.481 e. The minimum absolute atomic E-state index is 0. The molecule has 0 aromatic carbocycles. The summed E-state index contributed by atoms with van der Waals surface area (Å²) < 4.78 is 33.5. The van der Waals surface area contributed by atoms with E-state index in [9.17, 15) is 30.0 Å². The standard InChI is InChI=1S/C42H70O11.Na/c1-11-29(38(46)47)31-15-14-23(4)36(50-31)27(8)34(44)26(7)35(45)30(12-2)37-24(5)22-25(6)41(51-37)19-16-32(43)42(53-41)21-20-39(10,52-42)33-17-18-40(48,13-3)28(9)49-33;/h16,19,23-34,36-37,43-44,48H,11-15,17-18,20-22H2,1-10H3,(H,46,47);/q;+1/t23-,24+,25-,26+,27-,28+,29-,30+,31-,32-,33-,34+,36-,37-,39-,40+,41-,42+;/m0./s1. The molecule has 0 saturated carbocycles. The van der Waals surface area contributed by atoms with E-state index in [2.05, 4.69) is 20.8 Å². The van der Waals surface area contributed by atoms with Gasteiger partial charge in [0.15, 0.2) is 5.79 Å². The van der Waals surface area contributed by atoms with Gasteiger partial charge in [0, 0.05) is 30.1 Å². The van der Waals surface area contributed by atoms with Crippen LogP contribution < -0.4 is 29.6 Å². The van der Waals surface area contributed by atoms with Crippen LogP contribution in [0.25, 0.3) is 0 Å². The normalized spacial score (nSPS) is 45.3. The maximum absolute atomic E-state index is 14.4. The fourth-order valence-corrected chi connectivity index (χ4v) is 10.5. The first kappa shape index (κ1) is 46.3. The average molecular weight is 774 g/mol. The summed E-state index contributed by atoms with van der Waals surface area (Å²) in [6, 6.07) is 0. The van der Waals surface area contributed by atoms with Crippen LogP contribution in [0.15, 0.2) is 12.2 Å². The van der Waals surface area contributed by atoms with E-state index in [0.29, 0.717) is 57.8 Å². The molecule has 0 aliphatic carbocycles. The zero-order valence-electron chi connectivity index (χ0n) is 35.0. The van der Waals surface area contributed by atoms with Gasteiger partial charge in [-0.25, -0.2) is 0 Å². The third kappa shape index (κ3) is 8.63. The van der Waals surface area contributed by atoms with Gasteiger partial charge in [0.2, 0.25) is 5.79 Å². The van der Waals surface area contributed by atoms with E-state index >= 15 is 0 Å². The van der Waals surface area contributed by atoms with Crippen LogP contribution in [0.2, 0.25) is 0 Å². The third-order valence-electron chi connectivity index (χ3n) is 14.4. The number of carbonyl (C=O) groups excluding carboxylic acids is 1. The van der Waals surface area contributed by atoms with Crippen LogP contribution in [0.3, 0.4) is 0 Å². The number of ketones is 1. The van der Waals surface area contributed by atoms with Crippen molar-refractivity contribution < 1.29 is 83.3 Å². The SMILES string of the molecule is CC[C@H](C(=O)[C@H](C)[C@@H](O)[C@H](C)[C@H]1O[C@H]([C@H](CC)C(=O)O)CC[C@@H]1C)[C@H]1O[C@]2(C=C[C@H](O)[C@@]3(CC[C@@](C)([C@@H]4CC[C@](O)(CC)[C@@H](C)O4)O3)O2)[C@@H](C)C[C@H]1C.[Na+]. The second kappa shape index (κ2) is 17.8. The Morgan fingerprint density at radius 3 is 2.15 bits per heavy atom. The predicted molar refractivity (Wildman–Crippen MR) is 199 cm³/mol. The van der Waals surface area contributed by atoms with Crippen molar-refractivity contribution >= 4 is 11.8 Å². The molecule has 54 heavy (non-hydrogen) atoms. The minimum atomic E-state index is -1.37. The summed E-state index contributed by atoms with van der Waals surface area (Å²) in [5.41, 5.74) is -1.63. The third-order valence-corrected chi connectivity index (χ3v) is 14.4. The Kier molecular flexibility index (Phi) is 15.3. The molecule has 0 unspecified atom stereocenters. The van der Waals surface area contributed by atoms with E-state index in [0.717, 1.165) is 6.42 Å². The van der Waals surface area contributed by atoms with Crippen molar-refractivity contribution in [1.82, 2.24) is 0 Å². The summed E-state index contributed by atoms with van der Waals surface area (Å²) in [5, 5.41) is 44.0. The molecule has 4 saturated heterocycles. The molecule has 4 fully saturated rings. The molecule has 0 aromatic heterocycles. The number of aliphatic hydroxyl groups is 3. The largest absolute Gasteiger partial charge is 1.00 e. The summed E-state index contributed by atoms with van der Waals surface area (Å²) in [6.45, 7) is 19.6. The predicted octanol–water partition coefficient (Wildman–Crippen LogP) is 3.19. The van der Waals surface area contributed by atoms with Crippen molar-refractivity contribution in [2.45, 2.75) is 199 Å². The van der Waals surface area contributed by atoms with Gasteiger partial charge in [0.1, 0.15) is 11.9 Å². The van der Waals surface area contributed by atoms with Gasteiger partial charge in [0.05, 0.1) is 53.7 Å². The van der Waals surface area contributed by atoms with Crippen LogP contribution in [-0.2, 0) is 33.3 Å². The van der Waals surface area contributed by atoms with E-state index in [-0.39, 0.29) is 71.4 Å². The summed E-state index contributed by atoms with van der Waals surface area (Å²) in [4.78, 5) is 26.4. The molecular formula is C42H70NaO11+. The van der Waals surface area contributed by atoms with Crippen molar-refractivity contribution in [3.05, 3.63) is 12.2 Å². The first-order valence-electron chi connectivity index (χ1n) is 20.7. The van der Waals surface area contributed by atoms with Crippen LogP contribution >= 0.6 is 0 Å². The quantitative estimate of drug-likeness (QED) is 0.170. The molecule has 5 rings (SSSR count). The van der Waals surface area contributed by atoms with Crippen molar-refractivity contribution in [3.8, 4) is 0 Å². The van der Waals surface area contributed by atoms with Crippen LogP contribution in [0.4, 0.5) is 0 Å². The van der Waals surface area contributed by atoms with Crippen LogP contribution in [0.5, 0.6) is 0 Å². The Labute approximate surface area is 345 Å². The number of rotatable bonds is 12.